The second-order valence-electron chi connectivity index (χ2n) is 5.62. The first kappa shape index (κ1) is 16.7. The van der Waals surface area contributed by atoms with Crippen LogP contribution in [0.4, 0.5) is 8.78 Å². The number of thioether (sulfide) groups is 1. The molecule has 3 rings (SSSR count). The van der Waals surface area contributed by atoms with Gasteiger partial charge in [0.15, 0.2) is 0 Å². The highest BCUT2D eigenvalue weighted by atomic mass is 32.2. The summed E-state index contributed by atoms with van der Waals surface area (Å²) in [7, 11) is 1.86. The number of halogens is 2. The van der Waals surface area contributed by atoms with Crippen LogP contribution in [0.25, 0.3) is 6.08 Å². The molecule has 2 heterocycles. The van der Waals surface area contributed by atoms with Gasteiger partial charge in [0.2, 0.25) is 0 Å². The second kappa shape index (κ2) is 6.39. The van der Waals surface area contributed by atoms with E-state index in [-0.39, 0.29) is 5.56 Å². The van der Waals surface area contributed by atoms with Crippen molar-refractivity contribution in [2.24, 2.45) is 7.05 Å². The average molecular weight is 349 g/mol. The molecule has 1 aliphatic heterocycles. The Hall–Kier alpha value is -2.15. The summed E-state index contributed by atoms with van der Waals surface area (Å²) < 4.78 is 29.1. The van der Waals surface area contributed by atoms with Gasteiger partial charge in [-0.15, -0.1) is 11.8 Å². The van der Waals surface area contributed by atoms with Gasteiger partial charge in [-0.2, -0.15) is 5.10 Å². The average Bonchev–Trinajstić information content (AvgIpc) is 3.09. The number of hydrogen-bond donors (Lipinski definition) is 0. The predicted octanol–water partition coefficient (Wildman–Crippen LogP) is 3.50. The molecule has 0 atom stereocenters. The number of benzene rings is 1. The third-order valence-corrected chi connectivity index (χ3v) is 5.09. The van der Waals surface area contributed by atoms with Gasteiger partial charge in [0, 0.05) is 30.6 Å². The number of carbonyl (C=O) groups excluding carboxylic acids is 1. The van der Waals surface area contributed by atoms with Gasteiger partial charge < -0.3 is 4.90 Å². The molecule has 0 N–H and O–H groups in total. The number of rotatable bonds is 2. The smallest absolute Gasteiger partial charge is 0.261 e. The first-order chi connectivity index (χ1) is 11.4. The molecule has 0 spiro atoms. The fourth-order valence-corrected chi connectivity index (χ4v) is 3.69. The van der Waals surface area contributed by atoms with Crippen LogP contribution in [0.3, 0.4) is 0 Å². The normalized spacial score (nSPS) is 16.2. The van der Waals surface area contributed by atoms with Crippen LogP contribution in [0, 0.1) is 25.5 Å². The van der Waals surface area contributed by atoms with Gasteiger partial charge in [0.05, 0.1) is 16.3 Å². The molecular weight excluding hydrogens is 332 g/mol. The molecule has 0 saturated carbocycles. The van der Waals surface area contributed by atoms with E-state index in [9.17, 15) is 13.6 Å². The van der Waals surface area contributed by atoms with Crippen molar-refractivity contribution >= 4 is 23.7 Å². The van der Waals surface area contributed by atoms with Crippen molar-refractivity contribution in [1.29, 1.82) is 0 Å². The molecule has 24 heavy (non-hydrogen) atoms. The zero-order valence-corrected chi connectivity index (χ0v) is 14.5. The topological polar surface area (TPSA) is 38.1 Å². The van der Waals surface area contributed by atoms with E-state index in [1.54, 1.807) is 4.68 Å². The van der Waals surface area contributed by atoms with Crippen molar-refractivity contribution in [2.45, 2.75) is 13.8 Å². The van der Waals surface area contributed by atoms with Gasteiger partial charge >= 0.3 is 0 Å². The van der Waals surface area contributed by atoms with Gasteiger partial charge in [0.25, 0.3) is 5.91 Å². The molecule has 1 saturated heterocycles. The Kier molecular flexibility index (Phi) is 4.45. The van der Waals surface area contributed by atoms with E-state index in [2.05, 4.69) is 5.10 Å². The SMILES string of the molecule is Cc1nn(C)c(C)c1/C=C1/SCCN1C(=O)c1cc(F)ccc1F. The highest BCUT2D eigenvalue weighted by Gasteiger charge is 2.28. The Bertz CT molecular complexity index is 845. The number of carbonyl (C=O) groups is 1. The molecule has 7 heteroatoms. The highest BCUT2D eigenvalue weighted by Crippen LogP contribution is 2.32. The fraction of sp³-hybridized carbons (Fsp3) is 0.294. The molecule has 126 valence electrons. The van der Waals surface area contributed by atoms with Crippen molar-refractivity contribution in [2.75, 3.05) is 12.3 Å². The Labute approximate surface area is 143 Å². The third-order valence-electron chi connectivity index (χ3n) is 4.07. The van der Waals surface area contributed by atoms with Crippen LogP contribution in [0.2, 0.25) is 0 Å². The lowest BCUT2D eigenvalue weighted by molar-refractivity contribution is 0.0826. The minimum absolute atomic E-state index is 0.247. The summed E-state index contributed by atoms with van der Waals surface area (Å²) in [5, 5.41) is 5.08. The Morgan fingerprint density at radius 3 is 2.75 bits per heavy atom. The standard InChI is InChI=1S/C17H17F2N3OS/c1-10-13(11(2)21(3)20-10)9-16-22(6-7-24-16)17(23)14-8-12(18)4-5-15(14)19/h4-5,8-9H,6-7H2,1-3H3/b16-9+. The van der Waals surface area contributed by atoms with E-state index < -0.39 is 17.5 Å². The van der Waals surface area contributed by atoms with Gasteiger partial charge in [-0.05, 0) is 38.1 Å². The van der Waals surface area contributed by atoms with Crippen molar-refractivity contribution in [3.8, 4) is 0 Å². The van der Waals surface area contributed by atoms with E-state index in [1.807, 2.05) is 27.0 Å². The molecule has 2 aromatic rings. The van der Waals surface area contributed by atoms with Crippen molar-refractivity contribution < 1.29 is 13.6 Å². The largest absolute Gasteiger partial charge is 0.302 e. The molecule has 0 bridgehead atoms. The van der Waals surface area contributed by atoms with Crippen molar-refractivity contribution in [3.63, 3.8) is 0 Å². The Balaban J connectivity index is 1.97. The fourth-order valence-electron chi connectivity index (χ4n) is 2.68. The van der Waals surface area contributed by atoms with Crippen LogP contribution < -0.4 is 0 Å². The van der Waals surface area contributed by atoms with Crippen LogP contribution in [-0.4, -0.2) is 32.9 Å². The van der Waals surface area contributed by atoms with Gasteiger partial charge in [0.1, 0.15) is 11.6 Å². The molecular formula is C17H17F2N3OS. The highest BCUT2D eigenvalue weighted by molar-refractivity contribution is 8.03. The Morgan fingerprint density at radius 2 is 2.08 bits per heavy atom. The molecule has 1 fully saturated rings. The van der Waals surface area contributed by atoms with E-state index in [0.29, 0.717) is 12.3 Å². The van der Waals surface area contributed by atoms with Crippen LogP contribution in [0.5, 0.6) is 0 Å². The molecule has 1 aromatic carbocycles. The maximum atomic E-state index is 13.9. The minimum Gasteiger partial charge on any atom is -0.302 e. The summed E-state index contributed by atoms with van der Waals surface area (Å²) in [6.07, 6.45) is 1.89. The van der Waals surface area contributed by atoms with Crippen LogP contribution in [-0.2, 0) is 7.05 Å². The molecule has 1 aromatic heterocycles. The minimum atomic E-state index is -0.716. The summed E-state index contributed by atoms with van der Waals surface area (Å²) in [6, 6.07) is 2.92. The summed E-state index contributed by atoms with van der Waals surface area (Å²) in [5.74, 6) is -1.16. The van der Waals surface area contributed by atoms with Gasteiger partial charge in [-0.1, -0.05) is 0 Å². The summed E-state index contributed by atoms with van der Waals surface area (Å²) in [6.45, 7) is 4.31. The molecule has 1 aliphatic rings. The van der Waals surface area contributed by atoms with Gasteiger partial charge in [-0.3, -0.25) is 9.48 Å². The first-order valence-corrected chi connectivity index (χ1v) is 8.48. The zero-order valence-electron chi connectivity index (χ0n) is 13.6. The maximum Gasteiger partial charge on any atom is 0.261 e. The second-order valence-corrected chi connectivity index (χ2v) is 6.74. The van der Waals surface area contributed by atoms with Crippen molar-refractivity contribution in [3.05, 3.63) is 57.4 Å². The monoisotopic (exact) mass is 349 g/mol. The molecule has 1 amide bonds. The number of hydrogen-bond acceptors (Lipinski definition) is 3. The lowest BCUT2D eigenvalue weighted by Crippen LogP contribution is -2.27. The number of aromatic nitrogens is 2. The maximum absolute atomic E-state index is 13.9. The molecule has 0 unspecified atom stereocenters. The predicted molar refractivity (Wildman–Crippen MR) is 90.5 cm³/mol. The number of nitrogens with zero attached hydrogens (tertiary/aromatic N) is 3. The van der Waals surface area contributed by atoms with Crippen molar-refractivity contribution in [1.82, 2.24) is 14.7 Å². The molecule has 4 nitrogen and oxygen atoms in total. The van der Waals surface area contributed by atoms with Crippen LogP contribution in [0.1, 0.15) is 27.3 Å². The van der Waals surface area contributed by atoms with E-state index >= 15 is 0 Å². The van der Waals surface area contributed by atoms with E-state index in [1.165, 1.54) is 16.7 Å². The number of aryl methyl sites for hydroxylation is 2. The van der Waals surface area contributed by atoms with Crippen LogP contribution in [0.15, 0.2) is 23.2 Å². The lowest BCUT2D eigenvalue weighted by atomic mass is 10.1. The summed E-state index contributed by atoms with van der Waals surface area (Å²) in [4.78, 5) is 14.1. The first-order valence-electron chi connectivity index (χ1n) is 7.50. The van der Waals surface area contributed by atoms with Crippen LogP contribution >= 0.6 is 11.8 Å². The quantitative estimate of drug-likeness (QED) is 0.833. The lowest BCUT2D eigenvalue weighted by Gasteiger charge is -2.17. The zero-order chi connectivity index (χ0) is 17.4. The Morgan fingerprint density at radius 1 is 1.33 bits per heavy atom. The van der Waals surface area contributed by atoms with E-state index in [0.717, 1.165) is 40.2 Å². The van der Waals surface area contributed by atoms with Gasteiger partial charge in [-0.25, -0.2) is 8.78 Å². The number of amides is 1. The molecule has 0 radical (unpaired) electrons. The molecule has 0 aliphatic carbocycles. The third kappa shape index (κ3) is 2.96. The van der Waals surface area contributed by atoms with E-state index in [4.69, 9.17) is 0 Å². The summed E-state index contributed by atoms with van der Waals surface area (Å²) in [5.41, 5.74) is 2.54. The summed E-state index contributed by atoms with van der Waals surface area (Å²) >= 11 is 1.52.